The summed E-state index contributed by atoms with van der Waals surface area (Å²) in [6.45, 7) is 5.35. The number of likely N-dealkylation sites (N-methyl/N-ethyl adjacent to an activating group) is 1. The molecule has 0 aliphatic rings. The lowest BCUT2D eigenvalue weighted by atomic mass is 9.97. The molecular formula is C29H38N4O4S. The minimum Gasteiger partial charge on any atom is -0.481 e. The molecule has 2 N–H and O–H groups in total. The average Bonchev–Trinajstić information content (AvgIpc) is 2.87. The van der Waals surface area contributed by atoms with Crippen LogP contribution in [0.3, 0.4) is 0 Å². The van der Waals surface area contributed by atoms with Crippen LogP contribution in [0.1, 0.15) is 29.2 Å². The minimum absolute atomic E-state index is 0.0715. The summed E-state index contributed by atoms with van der Waals surface area (Å²) in [6, 6.07) is 13.6. The van der Waals surface area contributed by atoms with Crippen LogP contribution in [0, 0.1) is 18.5 Å². The summed E-state index contributed by atoms with van der Waals surface area (Å²) in [5.41, 5.74) is 6.10. The summed E-state index contributed by atoms with van der Waals surface area (Å²) in [4.78, 5) is 29.2. The Morgan fingerprint density at radius 1 is 1.13 bits per heavy atom. The van der Waals surface area contributed by atoms with Crippen molar-refractivity contribution in [3.8, 4) is 11.1 Å². The van der Waals surface area contributed by atoms with E-state index in [-0.39, 0.29) is 25.5 Å². The highest BCUT2D eigenvalue weighted by Gasteiger charge is 2.21. The largest absolute Gasteiger partial charge is 0.481 e. The van der Waals surface area contributed by atoms with Crippen molar-refractivity contribution in [2.75, 3.05) is 40.9 Å². The van der Waals surface area contributed by atoms with Crippen LogP contribution in [-0.4, -0.2) is 72.3 Å². The van der Waals surface area contributed by atoms with Gasteiger partial charge in [-0.3, -0.25) is 14.6 Å². The summed E-state index contributed by atoms with van der Waals surface area (Å²) < 4.78 is 7.45. The molecule has 0 bridgehead atoms. The zero-order chi connectivity index (χ0) is 28.1. The molecule has 8 nitrogen and oxygen atoms in total. The molecule has 0 aliphatic carbocycles. The van der Waals surface area contributed by atoms with E-state index in [0.29, 0.717) is 4.64 Å². The number of aryl methyl sites for hydroxylation is 2. The Balaban J connectivity index is 0.000000304. The van der Waals surface area contributed by atoms with Crippen molar-refractivity contribution < 1.29 is 19.4 Å². The SMILES string of the molecule is COCC(C(=O)NCCC(=O)O)n1cccc(CCN(C)C)c1=S.Cc1cccc(C)c1-c1cccnc1. The molecule has 1 aromatic carbocycles. The number of rotatable bonds is 11. The highest BCUT2D eigenvalue weighted by atomic mass is 32.1. The predicted octanol–water partition coefficient (Wildman–Crippen LogP) is 4.47. The fourth-order valence-electron chi connectivity index (χ4n) is 3.97. The number of nitrogens with zero attached hydrogens (tertiary/aromatic N) is 3. The first-order valence-corrected chi connectivity index (χ1v) is 12.9. The number of hydrogen-bond donors (Lipinski definition) is 2. The maximum Gasteiger partial charge on any atom is 0.305 e. The summed E-state index contributed by atoms with van der Waals surface area (Å²) >= 11 is 5.52. The highest BCUT2D eigenvalue weighted by Crippen LogP contribution is 2.25. The number of nitrogens with one attached hydrogen (secondary N) is 1. The van der Waals surface area contributed by atoms with Crippen LogP contribution in [-0.2, 0) is 20.7 Å². The number of aromatic nitrogens is 2. The lowest BCUT2D eigenvalue weighted by molar-refractivity contribution is -0.137. The molecule has 0 radical (unpaired) electrons. The first kappa shape index (κ1) is 30.8. The average molecular weight is 539 g/mol. The van der Waals surface area contributed by atoms with Gasteiger partial charge in [0.25, 0.3) is 0 Å². The monoisotopic (exact) mass is 538 g/mol. The number of carboxylic acids is 1. The van der Waals surface area contributed by atoms with Gasteiger partial charge < -0.3 is 24.6 Å². The molecule has 1 unspecified atom stereocenters. The van der Waals surface area contributed by atoms with Crippen LogP contribution < -0.4 is 5.32 Å². The topological polar surface area (TPSA) is 96.7 Å². The summed E-state index contributed by atoms with van der Waals surface area (Å²) in [5, 5.41) is 11.3. The Kier molecular flexibility index (Phi) is 12.8. The van der Waals surface area contributed by atoms with Crippen LogP contribution in [0.15, 0.2) is 61.1 Å². The van der Waals surface area contributed by atoms with Crippen LogP contribution in [0.5, 0.6) is 0 Å². The Bertz CT molecular complexity index is 1220. The second-order valence-electron chi connectivity index (χ2n) is 9.21. The fourth-order valence-corrected chi connectivity index (χ4v) is 4.33. The molecule has 9 heteroatoms. The highest BCUT2D eigenvalue weighted by molar-refractivity contribution is 7.71. The molecule has 2 heterocycles. The van der Waals surface area contributed by atoms with E-state index in [1.807, 2.05) is 38.5 Å². The fraction of sp³-hybridized carbons (Fsp3) is 0.379. The quantitative estimate of drug-likeness (QED) is 0.348. The molecule has 0 fully saturated rings. The summed E-state index contributed by atoms with van der Waals surface area (Å²) in [6.07, 6.45) is 6.13. The predicted molar refractivity (Wildman–Crippen MR) is 153 cm³/mol. The zero-order valence-corrected chi connectivity index (χ0v) is 23.6. The Labute approximate surface area is 230 Å². The number of ether oxygens (including phenoxy) is 1. The molecular weight excluding hydrogens is 500 g/mol. The normalized spacial score (nSPS) is 11.4. The van der Waals surface area contributed by atoms with Crippen molar-refractivity contribution in [3.05, 3.63) is 82.4 Å². The molecule has 3 aromatic rings. The van der Waals surface area contributed by atoms with Crippen LogP contribution >= 0.6 is 12.2 Å². The van der Waals surface area contributed by atoms with E-state index < -0.39 is 12.0 Å². The number of carboxylic acid groups (broad SMARTS) is 1. The van der Waals surface area contributed by atoms with Crippen molar-refractivity contribution >= 4 is 24.1 Å². The van der Waals surface area contributed by atoms with Gasteiger partial charge in [-0.25, -0.2) is 0 Å². The van der Waals surface area contributed by atoms with Gasteiger partial charge in [-0.2, -0.15) is 0 Å². The second kappa shape index (κ2) is 15.8. The van der Waals surface area contributed by atoms with Crippen molar-refractivity contribution in [1.29, 1.82) is 0 Å². The molecule has 0 aliphatic heterocycles. The van der Waals surface area contributed by atoms with Gasteiger partial charge in [0.2, 0.25) is 5.91 Å². The number of aliphatic carboxylic acids is 1. The van der Waals surface area contributed by atoms with Gasteiger partial charge in [-0.1, -0.05) is 42.5 Å². The van der Waals surface area contributed by atoms with Gasteiger partial charge in [0, 0.05) is 44.4 Å². The Hall–Kier alpha value is -3.40. The van der Waals surface area contributed by atoms with Gasteiger partial charge >= 0.3 is 5.97 Å². The molecule has 0 saturated carbocycles. The van der Waals surface area contributed by atoms with E-state index in [2.05, 4.69) is 53.3 Å². The molecule has 204 valence electrons. The smallest absolute Gasteiger partial charge is 0.305 e. The van der Waals surface area contributed by atoms with E-state index in [9.17, 15) is 9.59 Å². The number of amides is 1. The minimum atomic E-state index is -0.958. The number of hydrogen-bond acceptors (Lipinski definition) is 6. The molecule has 1 atom stereocenters. The van der Waals surface area contributed by atoms with Gasteiger partial charge in [-0.05, 0) is 68.8 Å². The Morgan fingerprint density at radius 3 is 2.42 bits per heavy atom. The van der Waals surface area contributed by atoms with Crippen LogP contribution in [0.25, 0.3) is 11.1 Å². The molecule has 38 heavy (non-hydrogen) atoms. The first-order chi connectivity index (χ1) is 18.1. The van der Waals surface area contributed by atoms with E-state index in [0.717, 1.165) is 18.5 Å². The lowest BCUT2D eigenvalue weighted by Gasteiger charge is -2.21. The van der Waals surface area contributed by atoms with Gasteiger partial charge in [0.05, 0.1) is 13.0 Å². The maximum absolute atomic E-state index is 12.4. The third kappa shape index (κ3) is 9.48. The van der Waals surface area contributed by atoms with Gasteiger partial charge in [0.1, 0.15) is 10.7 Å². The maximum atomic E-state index is 12.4. The molecule has 0 spiro atoms. The van der Waals surface area contributed by atoms with Gasteiger partial charge in [0.15, 0.2) is 0 Å². The lowest BCUT2D eigenvalue weighted by Crippen LogP contribution is -2.36. The molecule has 0 saturated heterocycles. The van der Waals surface area contributed by atoms with E-state index in [1.165, 1.54) is 29.4 Å². The van der Waals surface area contributed by atoms with E-state index >= 15 is 0 Å². The molecule has 1 amide bonds. The summed E-state index contributed by atoms with van der Waals surface area (Å²) in [5.74, 6) is -1.26. The second-order valence-corrected chi connectivity index (χ2v) is 9.60. The zero-order valence-electron chi connectivity index (χ0n) is 22.8. The number of methoxy groups -OCH3 is 1. The van der Waals surface area contributed by atoms with Crippen molar-refractivity contribution in [2.45, 2.75) is 32.7 Å². The number of carbonyl (C=O) groups excluding carboxylic acids is 1. The van der Waals surface area contributed by atoms with Gasteiger partial charge in [-0.15, -0.1) is 0 Å². The third-order valence-electron chi connectivity index (χ3n) is 5.91. The Morgan fingerprint density at radius 2 is 1.84 bits per heavy atom. The van der Waals surface area contributed by atoms with Crippen LogP contribution in [0.2, 0.25) is 0 Å². The number of pyridine rings is 2. The molecule has 3 rings (SSSR count). The van der Waals surface area contributed by atoms with E-state index in [4.69, 9.17) is 22.1 Å². The summed E-state index contributed by atoms with van der Waals surface area (Å²) in [7, 11) is 5.49. The molecule has 2 aromatic heterocycles. The van der Waals surface area contributed by atoms with Crippen LogP contribution in [0.4, 0.5) is 0 Å². The van der Waals surface area contributed by atoms with E-state index in [1.54, 1.807) is 17.0 Å². The standard InChI is InChI=1S/C16H25N3O4S.C13H13N/c1-18(2)10-7-12-5-4-9-19(16(12)24)13(11-23-3)15(22)17-8-6-14(20)21;1-10-5-3-6-11(2)13(10)12-7-4-8-14-9-12/h4-5,9,13H,6-8,10-11H2,1-3H3,(H,17,22)(H,20,21);3-9H,1-2H3. The van der Waals surface area contributed by atoms with Crippen molar-refractivity contribution in [2.24, 2.45) is 0 Å². The number of carbonyl (C=O) groups is 2. The number of benzene rings is 1. The van der Waals surface area contributed by atoms with Crippen molar-refractivity contribution in [3.63, 3.8) is 0 Å². The van der Waals surface area contributed by atoms with Crippen molar-refractivity contribution in [1.82, 2.24) is 19.8 Å². The first-order valence-electron chi connectivity index (χ1n) is 12.5. The third-order valence-corrected chi connectivity index (χ3v) is 6.39.